The van der Waals surface area contributed by atoms with E-state index in [0.29, 0.717) is 0 Å². The van der Waals surface area contributed by atoms with Gasteiger partial charge in [0.25, 0.3) is 0 Å². The Hall–Kier alpha value is -1.21. The van der Waals surface area contributed by atoms with Gasteiger partial charge in [0.15, 0.2) is 0 Å². The van der Waals surface area contributed by atoms with Crippen molar-refractivity contribution in [2.45, 2.75) is 17.9 Å². The van der Waals surface area contributed by atoms with Gasteiger partial charge in [-0.15, -0.1) is 11.3 Å². The van der Waals surface area contributed by atoms with Gasteiger partial charge in [-0.25, -0.2) is 9.97 Å². The lowest BCUT2D eigenvalue weighted by molar-refractivity contribution is 0.539. The fourth-order valence-electron chi connectivity index (χ4n) is 2.81. The van der Waals surface area contributed by atoms with Crippen molar-refractivity contribution >= 4 is 61.5 Å². The zero-order valence-corrected chi connectivity index (χ0v) is 15.9. The Morgan fingerprint density at radius 1 is 1.17 bits per heavy atom. The first-order valence-corrected chi connectivity index (χ1v) is 10.2. The van der Waals surface area contributed by atoms with Gasteiger partial charge in [-0.05, 0) is 42.3 Å². The summed E-state index contributed by atoms with van der Waals surface area (Å²) < 4.78 is 0.903. The third kappa shape index (κ3) is 3.16. The van der Waals surface area contributed by atoms with Crippen LogP contribution in [0.2, 0.25) is 5.02 Å². The summed E-state index contributed by atoms with van der Waals surface area (Å²) in [7, 11) is 0. The van der Waals surface area contributed by atoms with Gasteiger partial charge in [0.05, 0.1) is 5.39 Å². The van der Waals surface area contributed by atoms with Gasteiger partial charge in [-0.2, -0.15) is 0 Å². The van der Waals surface area contributed by atoms with E-state index in [0.717, 1.165) is 48.8 Å². The van der Waals surface area contributed by atoms with Crippen molar-refractivity contribution in [1.29, 1.82) is 0 Å². The fourth-order valence-corrected chi connectivity index (χ4v) is 5.23. The number of nitrogens with zero attached hydrogens (tertiary/aromatic N) is 3. The molecule has 122 valence electrons. The van der Waals surface area contributed by atoms with E-state index in [4.69, 9.17) is 23.8 Å². The van der Waals surface area contributed by atoms with Crippen molar-refractivity contribution < 1.29 is 0 Å². The van der Waals surface area contributed by atoms with Crippen LogP contribution in [0.3, 0.4) is 0 Å². The molecular formula is C17H14ClN3S3. The van der Waals surface area contributed by atoms with Crippen molar-refractivity contribution in [3.8, 4) is 11.1 Å². The largest absolute Gasteiger partial charge is 0.357 e. The summed E-state index contributed by atoms with van der Waals surface area (Å²) in [6.07, 6.45) is 4.06. The molecule has 7 heteroatoms. The molecule has 24 heavy (non-hydrogen) atoms. The minimum Gasteiger partial charge on any atom is -0.357 e. The molecule has 0 N–H and O–H groups in total. The lowest BCUT2D eigenvalue weighted by atomic mass is 10.1. The Bertz CT molecular complexity index is 886. The summed E-state index contributed by atoms with van der Waals surface area (Å²) >= 11 is 14.8. The zero-order chi connectivity index (χ0) is 16.5. The SMILES string of the molecule is S=C(Sc1ncnc2scc(-c3ccc(Cl)cc3)c12)N1CCCC1. The molecule has 0 amide bonds. The molecule has 3 nitrogen and oxygen atoms in total. The second-order valence-electron chi connectivity index (χ2n) is 5.58. The van der Waals surface area contributed by atoms with Gasteiger partial charge in [0, 0.05) is 29.1 Å². The number of likely N-dealkylation sites (tertiary alicyclic amines) is 1. The van der Waals surface area contributed by atoms with Gasteiger partial charge in [-0.1, -0.05) is 36.0 Å². The molecular weight excluding hydrogens is 378 g/mol. The van der Waals surface area contributed by atoms with Crippen LogP contribution in [0.4, 0.5) is 0 Å². The number of fused-ring (bicyclic) bond motifs is 1. The van der Waals surface area contributed by atoms with E-state index >= 15 is 0 Å². The average Bonchev–Trinajstić information content (AvgIpc) is 3.26. The Morgan fingerprint density at radius 2 is 1.92 bits per heavy atom. The Morgan fingerprint density at radius 3 is 2.67 bits per heavy atom. The first kappa shape index (κ1) is 16.3. The van der Waals surface area contributed by atoms with Crippen LogP contribution in [0.15, 0.2) is 41.0 Å². The molecule has 1 aliphatic heterocycles. The van der Waals surface area contributed by atoms with E-state index in [1.807, 2.05) is 24.3 Å². The number of thiophene rings is 1. The lowest BCUT2D eigenvalue weighted by Gasteiger charge is -2.17. The van der Waals surface area contributed by atoms with Crippen molar-refractivity contribution in [1.82, 2.24) is 14.9 Å². The fraction of sp³-hybridized carbons (Fsp3) is 0.235. The number of benzene rings is 1. The number of aromatic nitrogens is 2. The third-order valence-electron chi connectivity index (χ3n) is 4.04. The van der Waals surface area contributed by atoms with Crippen LogP contribution in [-0.4, -0.2) is 32.3 Å². The van der Waals surface area contributed by atoms with Crippen LogP contribution in [0.25, 0.3) is 21.3 Å². The molecule has 1 aromatic carbocycles. The Kier molecular flexibility index (Phi) is 4.72. The molecule has 1 fully saturated rings. The molecule has 2 aromatic heterocycles. The topological polar surface area (TPSA) is 29.0 Å². The van der Waals surface area contributed by atoms with Crippen LogP contribution in [-0.2, 0) is 0 Å². The molecule has 0 saturated carbocycles. The maximum absolute atomic E-state index is 6.02. The standard InChI is InChI=1S/C17H14ClN3S3/c18-12-5-3-11(4-6-12)13-9-23-15-14(13)16(20-10-19-15)24-17(22)21-7-1-2-8-21/h3-6,9-10H,1-2,7-8H2. The van der Waals surface area contributed by atoms with Gasteiger partial charge in [-0.3, -0.25) is 0 Å². The summed E-state index contributed by atoms with van der Waals surface area (Å²) in [5.41, 5.74) is 2.26. The molecule has 3 aromatic rings. The minimum absolute atomic E-state index is 0.736. The molecule has 0 bridgehead atoms. The summed E-state index contributed by atoms with van der Waals surface area (Å²) in [4.78, 5) is 12.2. The van der Waals surface area contributed by atoms with Crippen LogP contribution in [0.5, 0.6) is 0 Å². The highest BCUT2D eigenvalue weighted by Gasteiger charge is 2.19. The minimum atomic E-state index is 0.736. The van der Waals surface area contributed by atoms with Crippen LogP contribution in [0.1, 0.15) is 12.8 Å². The number of rotatable bonds is 2. The summed E-state index contributed by atoms with van der Waals surface area (Å²) in [6.45, 7) is 2.10. The van der Waals surface area contributed by atoms with Gasteiger partial charge < -0.3 is 4.90 Å². The van der Waals surface area contributed by atoms with Crippen LogP contribution in [0, 0.1) is 0 Å². The molecule has 3 heterocycles. The van der Waals surface area contributed by atoms with Crippen LogP contribution >= 0.6 is 46.9 Å². The molecule has 0 radical (unpaired) electrons. The maximum atomic E-state index is 6.02. The summed E-state index contributed by atoms with van der Waals surface area (Å²) in [5.74, 6) is 0. The van der Waals surface area contributed by atoms with E-state index in [-0.39, 0.29) is 0 Å². The highest BCUT2D eigenvalue weighted by Crippen LogP contribution is 2.39. The molecule has 4 rings (SSSR count). The number of halogens is 1. The number of thiocarbonyl (C=S) groups is 1. The Balaban J connectivity index is 1.74. The highest BCUT2D eigenvalue weighted by atomic mass is 35.5. The molecule has 0 unspecified atom stereocenters. The number of thioether (sulfide) groups is 1. The molecule has 1 saturated heterocycles. The van der Waals surface area contributed by atoms with Crippen molar-refractivity contribution in [3.63, 3.8) is 0 Å². The van der Waals surface area contributed by atoms with E-state index in [9.17, 15) is 0 Å². The maximum Gasteiger partial charge on any atom is 0.142 e. The van der Waals surface area contributed by atoms with Crippen molar-refractivity contribution in [3.05, 3.63) is 41.0 Å². The highest BCUT2D eigenvalue weighted by molar-refractivity contribution is 8.23. The van der Waals surface area contributed by atoms with Crippen molar-refractivity contribution in [2.24, 2.45) is 0 Å². The predicted octanol–water partition coefficient (Wildman–Crippen LogP) is 5.48. The van der Waals surface area contributed by atoms with E-state index in [1.54, 1.807) is 29.4 Å². The summed E-state index contributed by atoms with van der Waals surface area (Å²) in [5, 5.41) is 4.88. The lowest BCUT2D eigenvalue weighted by Crippen LogP contribution is -2.23. The van der Waals surface area contributed by atoms with E-state index in [2.05, 4.69) is 20.2 Å². The van der Waals surface area contributed by atoms with Crippen LogP contribution < -0.4 is 0 Å². The molecule has 0 spiro atoms. The van der Waals surface area contributed by atoms with E-state index < -0.39 is 0 Å². The van der Waals surface area contributed by atoms with Gasteiger partial charge >= 0.3 is 0 Å². The second kappa shape index (κ2) is 6.96. The zero-order valence-electron chi connectivity index (χ0n) is 12.7. The third-order valence-corrected chi connectivity index (χ3v) is 6.62. The first-order valence-electron chi connectivity index (χ1n) is 7.67. The molecule has 0 aliphatic carbocycles. The smallest absolute Gasteiger partial charge is 0.142 e. The number of hydrogen-bond donors (Lipinski definition) is 0. The molecule has 1 aliphatic rings. The van der Waals surface area contributed by atoms with Gasteiger partial charge in [0.1, 0.15) is 20.5 Å². The van der Waals surface area contributed by atoms with E-state index in [1.165, 1.54) is 12.8 Å². The normalized spacial score (nSPS) is 14.5. The predicted molar refractivity (Wildman–Crippen MR) is 107 cm³/mol. The monoisotopic (exact) mass is 391 g/mol. The second-order valence-corrected chi connectivity index (χ2v) is 8.49. The average molecular weight is 392 g/mol. The first-order chi connectivity index (χ1) is 11.7. The van der Waals surface area contributed by atoms with Gasteiger partial charge in [0.2, 0.25) is 0 Å². The Labute approximate surface area is 159 Å². The molecule has 0 atom stereocenters. The number of hydrogen-bond acceptors (Lipinski definition) is 5. The van der Waals surface area contributed by atoms with Crippen molar-refractivity contribution in [2.75, 3.05) is 13.1 Å². The summed E-state index contributed by atoms with van der Waals surface area (Å²) in [6, 6.07) is 7.88. The quantitative estimate of drug-likeness (QED) is 0.327.